The van der Waals surface area contributed by atoms with Gasteiger partial charge in [0, 0.05) is 68.3 Å². The number of aromatic nitrogens is 8. The van der Waals surface area contributed by atoms with Crippen molar-refractivity contribution in [2.75, 3.05) is 59.2 Å². The molecule has 14 rings (SSSR count). The van der Waals surface area contributed by atoms with Crippen LogP contribution in [0.2, 0.25) is 0 Å². The van der Waals surface area contributed by atoms with Gasteiger partial charge in [-0.1, -0.05) is 72.8 Å². The largest absolute Gasteiger partial charge is 0.467 e. The van der Waals surface area contributed by atoms with Crippen LogP contribution in [0.5, 0.6) is 12.0 Å². The maximum absolute atomic E-state index is 14.8. The third-order valence-electron chi connectivity index (χ3n) is 17.5. The Labute approximate surface area is 639 Å². The number of nitrogens with one attached hydrogen (secondary N) is 8. The molecule has 40 nitrogen and oxygen atoms in total. The molecule has 0 saturated heterocycles. The maximum atomic E-state index is 14.8. The zero-order chi connectivity index (χ0) is 81.8. The fourth-order valence-electron chi connectivity index (χ4n) is 12.8. The summed E-state index contributed by atoms with van der Waals surface area (Å²) in [4.78, 5) is 110. The van der Waals surface area contributed by atoms with Gasteiger partial charge in [-0.2, -0.15) is 80.4 Å². The van der Waals surface area contributed by atoms with Gasteiger partial charge in [-0.05, 0) is 83.9 Å². The van der Waals surface area contributed by atoms with Crippen molar-refractivity contribution in [2.24, 2.45) is 0 Å². The number of carbonyl (C=O) groups is 4. The Morgan fingerprint density at radius 1 is 0.360 bits per heavy atom. The van der Waals surface area contributed by atoms with Crippen LogP contribution in [0, 0.1) is 0 Å². The number of fused-ring (bicyclic) bond motifs is 4. The lowest BCUT2D eigenvalue weighted by Crippen LogP contribution is -2.24. The molecule has 0 fully saturated rings. The summed E-state index contributed by atoms with van der Waals surface area (Å²) in [5, 5.41) is 15.9. The fraction of sp³-hybridized carbons (Fsp3) is 0.0588. The minimum absolute atomic E-state index is 0.0531. The minimum Gasteiger partial charge on any atom is -0.467 e. The number of aromatic amines is 2. The molecule has 2 aliphatic rings. The number of benzene rings is 8. The molecule has 0 amide bonds. The van der Waals surface area contributed by atoms with Crippen LogP contribution >= 0.6 is 0 Å². The summed E-state index contributed by atoms with van der Waals surface area (Å²) in [7, 11) is -29.6. The van der Waals surface area contributed by atoms with Gasteiger partial charge >= 0.3 is 12.0 Å². The van der Waals surface area contributed by atoms with Gasteiger partial charge in [-0.15, -0.1) is 0 Å². The van der Waals surface area contributed by atoms with Gasteiger partial charge in [0.1, 0.15) is 19.6 Å². The summed E-state index contributed by atoms with van der Waals surface area (Å²) >= 11 is 0. The zero-order valence-electron chi connectivity index (χ0n) is 57.3. The van der Waals surface area contributed by atoms with Crippen LogP contribution in [0.1, 0.15) is 63.7 Å². The van der Waals surface area contributed by atoms with Crippen molar-refractivity contribution in [1.82, 2.24) is 39.9 Å². The second-order valence-corrected chi connectivity index (χ2v) is 32.9. The Morgan fingerprint density at radius 3 is 1.03 bits per heavy atom. The van der Waals surface area contributed by atoms with Crippen molar-refractivity contribution in [2.45, 2.75) is 29.4 Å². The van der Waals surface area contributed by atoms with E-state index >= 15 is 0 Å². The highest BCUT2D eigenvalue weighted by Gasteiger charge is 2.38. The molecule has 0 spiro atoms. The highest BCUT2D eigenvalue weighted by molar-refractivity contribution is 7.87. The molecule has 114 heavy (non-hydrogen) atoms. The van der Waals surface area contributed by atoms with Crippen molar-refractivity contribution in [3.8, 4) is 34.3 Å². The van der Waals surface area contributed by atoms with Crippen LogP contribution in [0.3, 0.4) is 0 Å². The summed E-state index contributed by atoms with van der Waals surface area (Å²) in [6.45, 7) is -0.463. The van der Waals surface area contributed by atoms with Crippen LogP contribution in [0.25, 0.3) is 44.1 Å². The van der Waals surface area contributed by atoms with Crippen molar-refractivity contribution in [3.05, 3.63) is 211 Å². The molecular weight excluding hydrogens is 1620 g/mol. The molecule has 0 unspecified atom stereocenters. The molecule has 14 N–H and O–H groups in total. The average Bonchev–Trinajstić information content (AvgIpc) is 0.716. The van der Waals surface area contributed by atoms with Crippen molar-refractivity contribution in [3.63, 3.8) is 0 Å². The summed E-state index contributed by atoms with van der Waals surface area (Å²) in [5.41, 5.74) is -8.63. The first-order chi connectivity index (χ1) is 53.7. The first-order valence-corrected chi connectivity index (χ1v) is 40.7. The number of anilines is 10. The molecule has 0 atom stereocenters. The highest BCUT2D eigenvalue weighted by atomic mass is 32.2. The molecule has 0 aliphatic heterocycles. The molecular formula is C68H48N14O26S6. The first kappa shape index (κ1) is 77.5. The smallest absolute Gasteiger partial charge is 0.322 e. The molecule has 582 valence electrons. The first-order valence-electron chi connectivity index (χ1n) is 32.1. The van der Waals surface area contributed by atoms with Gasteiger partial charge in [-0.3, -0.25) is 56.1 Å². The lowest BCUT2D eigenvalue weighted by Gasteiger charge is -2.25. The number of hydrogen-bond donors (Lipinski definition) is 14. The zero-order valence-corrected chi connectivity index (χ0v) is 62.2. The number of ether oxygens (including phenoxy) is 2. The van der Waals surface area contributed by atoms with Crippen LogP contribution in [0.4, 0.5) is 57.9 Å². The van der Waals surface area contributed by atoms with Gasteiger partial charge in [-0.25, -0.2) is 0 Å². The van der Waals surface area contributed by atoms with E-state index in [1.54, 1.807) is 0 Å². The van der Waals surface area contributed by atoms with E-state index in [0.29, 0.717) is 12.1 Å². The Kier molecular flexibility index (Phi) is 19.4. The van der Waals surface area contributed by atoms with Gasteiger partial charge in [0.25, 0.3) is 71.8 Å². The number of H-pyrrole nitrogens is 2. The number of hydrogen-bond acceptors (Lipinski definition) is 32. The normalized spacial score (nSPS) is 12.7. The molecule has 12 aromatic rings. The third-order valence-corrected chi connectivity index (χ3v) is 22.8. The molecule has 0 saturated carbocycles. The van der Waals surface area contributed by atoms with E-state index in [-0.39, 0.29) is 114 Å². The number of nitrogens with zero attached hydrogens (tertiary/aromatic N) is 6. The lowest BCUT2D eigenvalue weighted by atomic mass is 9.80. The van der Waals surface area contributed by atoms with Crippen molar-refractivity contribution >= 4 is 164 Å². The van der Waals surface area contributed by atoms with E-state index in [4.69, 9.17) is 9.47 Å². The molecule has 4 heterocycles. The Morgan fingerprint density at radius 2 is 0.693 bits per heavy atom. The molecule has 2 aliphatic carbocycles. The highest BCUT2D eigenvalue weighted by Crippen LogP contribution is 2.48. The maximum Gasteiger partial charge on any atom is 0.322 e. The number of rotatable bonds is 25. The number of ketones is 4. The van der Waals surface area contributed by atoms with Gasteiger partial charge in [0.05, 0.1) is 80.4 Å². The molecule has 0 radical (unpaired) electrons. The SMILES string of the molecule is COc1nc(NCCNc2nc(Nc3cc(Nc4ccc5[nH]c(=O)c(C(=O)c6cccc(S(=O)(=O)O)c6)c6c5c4C(=O)c4ccccc4-6)c(S(=O)(=O)O)cc3S(=O)(=O)O)nc(OC)n2)nc(Nc2cc(Nc3ccc4[nH]c(=O)c(C(=O)c5cccc(S(=O)(=O)O)c5)c5c4c3C(=O)c3ccccc3-5)c(S(=O)(=O)O)cc2S(=O)(=O)O)n1. The van der Waals surface area contributed by atoms with E-state index in [1.165, 1.54) is 84.9 Å². The van der Waals surface area contributed by atoms with E-state index in [9.17, 15) is 107 Å². The Balaban J connectivity index is 0.757. The van der Waals surface area contributed by atoms with E-state index < -0.39 is 182 Å². The van der Waals surface area contributed by atoms with Crippen LogP contribution in [-0.2, 0) is 60.7 Å². The third kappa shape index (κ3) is 14.7. The van der Waals surface area contributed by atoms with Crippen molar-refractivity contribution < 1.29 is 106 Å². The topological polar surface area (TPSA) is 628 Å². The van der Waals surface area contributed by atoms with Crippen LogP contribution in [0.15, 0.2) is 185 Å². The Bertz CT molecular complexity index is 6770. The Hall–Kier alpha value is -13.3. The predicted octanol–water partition coefficient (Wildman–Crippen LogP) is 6.62. The summed E-state index contributed by atoms with van der Waals surface area (Å²) in [6, 6.07) is 25.7. The fourth-order valence-corrected chi connectivity index (χ4v) is 16.6. The van der Waals surface area contributed by atoms with Gasteiger partial charge in [0.15, 0.2) is 23.1 Å². The molecule has 0 bridgehead atoms. The van der Waals surface area contributed by atoms with Crippen LogP contribution < -0.4 is 52.5 Å². The van der Waals surface area contributed by atoms with E-state index in [2.05, 4.69) is 71.8 Å². The lowest BCUT2D eigenvalue weighted by molar-refractivity contribution is 0.102. The molecule has 8 aromatic carbocycles. The number of methoxy groups -OCH3 is 2. The molecule has 46 heteroatoms. The standard InChI is InChI=1S/C68H48N14O26S6/c1-107-67-79-63(77-65(81-67)75-43-25-41(45(111(95,96)97)27-47(43)113(101,102)103)71-39-19-17-37-51-49(33-13-3-5-15-35(33)59(85)53(39)51)55(61(87)73-37)57(83)29-9-7-11-31(23-29)109(89,90)91)69-21-22-70-64-78-66(82-68(80-64)108-2)76-44-26-42(46(112(98,99)100)28-48(44)114(104,105)106)72-40-20-18-38-52-50(34-14-4-6-16-36(34)60(86)54(40)52)56(62(88)74-38)58(84)30-10-8-12-32(24-30)110(92,93)94/h3-20,23-28,71-72H,21-22H2,1-2H3,(H,73,87)(H,74,88)(H,89,90,91)(H,92,93,94)(H,95,96,97)(H,98,99,100)(H,101,102,103)(H,104,105,106)(H2,69,75,77,79,81)(H2,70,76,78,80,82). The molecule has 4 aromatic heterocycles. The monoisotopic (exact) mass is 1670 g/mol. The van der Waals surface area contributed by atoms with Gasteiger partial charge < -0.3 is 51.3 Å². The summed E-state index contributed by atoms with van der Waals surface area (Å²) < 4.78 is 227. The van der Waals surface area contributed by atoms with Crippen molar-refractivity contribution in [1.29, 1.82) is 0 Å². The average molecular weight is 1670 g/mol. The number of pyridine rings is 2. The summed E-state index contributed by atoms with van der Waals surface area (Å²) in [5.74, 6) is -5.60. The quantitative estimate of drug-likeness (QED) is 0.0162. The number of carbonyl (C=O) groups excluding carboxylic acids is 4. The van der Waals surface area contributed by atoms with Crippen LogP contribution in [-0.4, -0.2) is 168 Å². The second kappa shape index (κ2) is 28.5. The second-order valence-electron chi connectivity index (χ2n) is 24.5. The van der Waals surface area contributed by atoms with Gasteiger partial charge in [0.2, 0.25) is 23.8 Å². The predicted molar refractivity (Wildman–Crippen MR) is 401 cm³/mol. The van der Waals surface area contributed by atoms with E-state index in [0.717, 1.165) is 62.8 Å². The van der Waals surface area contributed by atoms with E-state index in [1.807, 2.05) is 0 Å². The minimum atomic E-state index is -5.53. The summed E-state index contributed by atoms with van der Waals surface area (Å²) in [6.07, 6.45) is 0.